The van der Waals surface area contributed by atoms with Crippen LogP contribution in [0.3, 0.4) is 0 Å². The van der Waals surface area contributed by atoms with Crippen LogP contribution < -0.4 is 11.3 Å². The molecular weight excluding hydrogens is 236 g/mol. The maximum atomic E-state index is 5.42. The zero-order valence-electron chi connectivity index (χ0n) is 10.4. The van der Waals surface area contributed by atoms with Gasteiger partial charge in [0.1, 0.15) is 10.7 Å². The fraction of sp³-hybridized carbons (Fsp3) is 0.800. The molecule has 17 heavy (non-hydrogen) atoms. The van der Waals surface area contributed by atoms with Gasteiger partial charge in [-0.2, -0.15) is 0 Å². The van der Waals surface area contributed by atoms with E-state index in [2.05, 4.69) is 38.9 Å². The molecule has 1 aliphatic heterocycles. The monoisotopic (exact) mass is 256 g/mol. The van der Waals surface area contributed by atoms with Gasteiger partial charge in [0.25, 0.3) is 0 Å². The maximum absolute atomic E-state index is 5.42. The smallest absolute Gasteiger partial charge is 0.148 e. The summed E-state index contributed by atoms with van der Waals surface area (Å²) in [6.07, 6.45) is 2.44. The molecule has 2 heterocycles. The third kappa shape index (κ3) is 3.12. The molecule has 0 bridgehead atoms. The van der Waals surface area contributed by atoms with Crippen LogP contribution >= 0.6 is 11.5 Å². The minimum absolute atomic E-state index is 0.638. The normalized spacial score (nSPS) is 18.8. The molecule has 2 rings (SSSR count). The molecule has 0 radical (unpaired) electrons. The zero-order valence-corrected chi connectivity index (χ0v) is 11.2. The molecule has 0 aliphatic carbocycles. The third-order valence-corrected chi connectivity index (χ3v) is 4.10. The number of hydrogen-bond acceptors (Lipinski definition) is 7. The van der Waals surface area contributed by atoms with E-state index in [1.54, 1.807) is 0 Å². The molecule has 1 aromatic heterocycles. The van der Waals surface area contributed by atoms with Crippen LogP contribution in [0.1, 0.15) is 18.5 Å². The first-order valence-electron chi connectivity index (χ1n) is 5.87. The highest BCUT2D eigenvalue weighted by Gasteiger charge is 2.22. The van der Waals surface area contributed by atoms with Gasteiger partial charge in [-0.1, -0.05) is 4.49 Å². The number of nitrogens with two attached hydrogens (primary N) is 1. The van der Waals surface area contributed by atoms with Crippen molar-refractivity contribution in [2.75, 3.05) is 32.6 Å². The predicted molar refractivity (Wildman–Crippen MR) is 69.7 cm³/mol. The van der Waals surface area contributed by atoms with Crippen molar-refractivity contribution in [2.24, 2.45) is 5.84 Å². The van der Waals surface area contributed by atoms with E-state index in [4.69, 9.17) is 5.84 Å². The number of likely N-dealkylation sites (tertiary alicyclic amines) is 1. The highest BCUT2D eigenvalue weighted by Crippen LogP contribution is 2.21. The summed E-state index contributed by atoms with van der Waals surface area (Å²) in [6, 6.07) is 0.638. The van der Waals surface area contributed by atoms with E-state index in [1.807, 2.05) is 0 Å². The summed E-state index contributed by atoms with van der Waals surface area (Å²) < 4.78 is 3.92. The molecule has 1 fully saturated rings. The molecule has 0 saturated carbocycles. The number of nitrogen functional groups attached to an aromatic ring is 1. The van der Waals surface area contributed by atoms with Crippen molar-refractivity contribution >= 4 is 16.5 Å². The SMILES string of the molecule is CN1CCC(N(C)Cc2nnsc2NN)CC1. The summed E-state index contributed by atoms with van der Waals surface area (Å²) in [6.45, 7) is 3.16. The molecule has 0 amide bonds. The molecular formula is C10H20N6S. The Hall–Kier alpha value is -0.760. The van der Waals surface area contributed by atoms with Gasteiger partial charge in [-0.05, 0) is 40.0 Å². The quantitative estimate of drug-likeness (QED) is 0.598. The van der Waals surface area contributed by atoms with Crippen LogP contribution in [0.5, 0.6) is 0 Å². The number of rotatable bonds is 4. The minimum atomic E-state index is 0.638. The first kappa shape index (κ1) is 12.7. The number of nitrogens with zero attached hydrogens (tertiary/aromatic N) is 4. The summed E-state index contributed by atoms with van der Waals surface area (Å²) in [5.74, 6) is 5.42. The number of hydrogen-bond donors (Lipinski definition) is 2. The Morgan fingerprint density at radius 1 is 1.53 bits per heavy atom. The summed E-state index contributed by atoms with van der Waals surface area (Å²) in [4.78, 5) is 4.73. The molecule has 96 valence electrons. The van der Waals surface area contributed by atoms with Crippen molar-refractivity contribution in [2.45, 2.75) is 25.4 Å². The van der Waals surface area contributed by atoms with Crippen molar-refractivity contribution in [3.8, 4) is 0 Å². The summed E-state index contributed by atoms with van der Waals surface area (Å²) in [5.41, 5.74) is 3.59. The largest absolute Gasteiger partial charge is 0.313 e. The van der Waals surface area contributed by atoms with Crippen molar-refractivity contribution in [3.05, 3.63) is 5.69 Å². The van der Waals surface area contributed by atoms with Crippen LogP contribution in [-0.4, -0.2) is 52.6 Å². The van der Waals surface area contributed by atoms with Gasteiger partial charge in [0.05, 0.1) is 0 Å². The fourth-order valence-electron chi connectivity index (χ4n) is 2.22. The molecule has 7 heteroatoms. The molecule has 3 N–H and O–H groups in total. The van der Waals surface area contributed by atoms with Gasteiger partial charge >= 0.3 is 0 Å². The van der Waals surface area contributed by atoms with E-state index >= 15 is 0 Å². The van der Waals surface area contributed by atoms with E-state index < -0.39 is 0 Å². The minimum Gasteiger partial charge on any atom is -0.313 e. The third-order valence-electron chi connectivity index (χ3n) is 3.40. The van der Waals surface area contributed by atoms with Gasteiger partial charge in [-0.25, -0.2) is 5.84 Å². The average molecular weight is 256 g/mol. The molecule has 1 saturated heterocycles. The number of piperidine rings is 1. The first-order valence-corrected chi connectivity index (χ1v) is 6.64. The lowest BCUT2D eigenvalue weighted by molar-refractivity contribution is 0.138. The number of anilines is 1. The highest BCUT2D eigenvalue weighted by molar-refractivity contribution is 7.10. The Bertz CT molecular complexity index is 346. The zero-order chi connectivity index (χ0) is 12.3. The molecule has 0 atom stereocenters. The van der Waals surface area contributed by atoms with Crippen LogP contribution in [0.2, 0.25) is 0 Å². The van der Waals surface area contributed by atoms with E-state index in [0.29, 0.717) is 6.04 Å². The average Bonchev–Trinajstić information content (AvgIpc) is 2.77. The fourth-order valence-corrected chi connectivity index (χ4v) is 2.71. The Balaban J connectivity index is 1.90. The summed E-state index contributed by atoms with van der Waals surface area (Å²) in [5, 5.41) is 4.98. The lowest BCUT2D eigenvalue weighted by atomic mass is 10.0. The first-order chi connectivity index (χ1) is 8.20. The topological polar surface area (TPSA) is 70.3 Å². The van der Waals surface area contributed by atoms with Crippen LogP contribution in [0.4, 0.5) is 5.00 Å². The van der Waals surface area contributed by atoms with Gasteiger partial charge in [0, 0.05) is 24.1 Å². The Morgan fingerprint density at radius 2 is 2.24 bits per heavy atom. The van der Waals surface area contributed by atoms with Crippen molar-refractivity contribution in [1.82, 2.24) is 19.4 Å². The van der Waals surface area contributed by atoms with Gasteiger partial charge in [-0.3, -0.25) is 4.90 Å². The lowest BCUT2D eigenvalue weighted by Gasteiger charge is -2.34. The Kier molecular flexibility index (Phi) is 4.27. The highest BCUT2D eigenvalue weighted by atomic mass is 32.1. The van der Waals surface area contributed by atoms with Gasteiger partial charge in [0.2, 0.25) is 0 Å². The van der Waals surface area contributed by atoms with Gasteiger partial charge in [0.15, 0.2) is 0 Å². The van der Waals surface area contributed by atoms with E-state index in [-0.39, 0.29) is 0 Å². The van der Waals surface area contributed by atoms with Crippen LogP contribution in [0, 0.1) is 0 Å². The predicted octanol–water partition coefficient (Wildman–Crippen LogP) is 0.350. The lowest BCUT2D eigenvalue weighted by Crippen LogP contribution is -2.41. The molecule has 1 aliphatic rings. The second kappa shape index (κ2) is 5.72. The standard InChI is InChI=1S/C10H20N6S/c1-15-5-3-8(4-6-15)16(2)7-9-10(12-11)17-14-13-9/h8,12H,3-7,11H2,1-2H3. The van der Waals surface area contributed by atoms with Crippen molar-refractivity contribution in [1.29, 1.82) is 0 Å². The molecule has 0 aromatic carbocycles. The van der Waals surface area contributed by atoms with E-state index in [0.717, 1.165) is 17.2 Å². The van der Waals surface area contributed by atoms with Crippen molar-refractivity contribution in [3.63, 3.8) is 0 Å². The van der Waals surface area contributed by atoms with Crippen LogP contribution in [-0.2, 0) is 6.54 Å². The molecule has 0 spiro atoms. The maximum Gasteiger partial charge on any atom is 0.148 e. The number of nitrogens with one attached hydrogen (secondary N) is 1. The van der Waals surface area contributed by atoms with Crippen LogP contribution in [0.25, 0.3) is 0 Å². The molecule has 0 unspecified atom stereocenters. The second-order valence-corrected chi connectivity index (χ2v) is 5.40. The van der Waals surface area contributed by atoms with Crippen molar-refractivity contribution < 1.29 is 0 Å². The molecule has 1 aromatic rings. The van der Waals surface area contributed by atoms with Gasteiger partial charge < -0.3 is 10.3 Å². The Morgan fingerprint density at radius 3 is 2.88 bits per heavy atom. The number of aromatic nitrogens is 2. The summed E-state index contributed by atoms with van der Waals surface area (Å²) in [7, 11) is 4.33. The molecule has 6 nitrogen and oxygen atoms in total. The van der Waals surface area contributed by atoms with Crippen LogP contribution in [0.15, 0.2) is 0 Å². The summed E-state index contributed by atoms with van der Waals surface area (Å²) >= 11 is 1.31. The number of hydrazine groups is 1. The second-order valence-electron chi connectivity index (χ2n) is 4.64. The van der Waals surface area contributed by atoms with E-state index in [9.17, 15) is 0 Å². The van der Waals surface area contributed by atoms with Gasteiger partial charge in [-0.15, -0.1) is 5.10 Å². The van der Waals surface area contributed by atoms with E-state index in [1.165, 1.54) is 37.5 Å². The Labute approximate surface area is 106 Å².